The molecule has 0 saturated carbocycles. The monoisotopic (exact) mass is 251 g/mol. The van der Waals surface area contributed by atoms with Gasteiger partial charge in [0.05, 0.1) is 10.5 Å². The summed E-state index contributed by atoms with van der Waals surface area (Å²) in [5.74, 6) is 0. The number of nitrogens with zero attached hydrogens (tertiary/aromatic N) is 1. The van der Waals surface area contributed by atoms with Gasteiger partial charge in [-0.15, -0.1) is 0 Å². The van der Waals surface area contributed by atoms with Gasteiger partial charge in [0.25, 0.3) is 0 Å². The first-order valence-electron chi connectivity index (χ1n) is 5.01. The van der Waals surface area contributed by atoms with E-state index < -0.39 is 0 Å². The third-order valence-electron chi connectivity index (χ3n) is 2.62. The van der Waals surface area contributed by atoms with E-state index in [1.807, 2.05) is 32.1 Å². The van der Waals surface area contributed by atoms with Crippen LogP contribution in [0.2, 0.25) is 5.02 Å². The lowest BCUT2D eigenvalue weighted by atomic mass is 10.0. The van der Waals surface area contributed by atoms with Gasteiger partial charge in [0, 0.05) is 16.6 Å². The van der Waals surface area contributed by atoms with Gasteiger partial charge in [-0.3, -0.25) is 4.98 Å². The summed E-state index contributed by atoms with van der Waals surface area (Å²) >= 11 is 12.2. The van der Waals surface area contributed by atoms with Crippen molar-refractivity contribution in [2.75, 3.05) is 0 Å². The highest BCUT2D eigenvalue weighted by Crippen LogP contribution is 2.30. The molecule has 3 heteroatoms. The Morgan fingerprint density at radius 1 is 1.31 bits per heavy atom. The van der Waals surface area contributed by atoms with Crippen LogP contribution in [-0.4, -0.2) is 4.98 Å². The molecule has 0 atom stereocenters. The van der Waals surface area contributed by atoms with Gasteiger partial charge >= 0.3 is 0 Å². The maximum absolute atomic E-state index is 6.14. The quantitative estimate of drug-likeness (QED) is 0.710. The van der Waals surface area contributed by atoms with Crippen LogP contribution in [-0.2, 0) is 0 Å². The second kappa shape index (κ2) is 4.44. The molecular formula is C13H11Cl2N. The third kappa shape index (κ3) is 1.81. The van der Waals surface area contributed by atoms with E-state index in [0.717, 1.165) is 32.1 Å². The fraction of sp³-hybridized carbons (Fsp3) is 0.154. The Bertz CT molecular complexity index is 573. The Morgan fingerprint density at radius 2 is 2.06 bits per heavy atom. The molecule has 0 fully saturated rings. The minimum Gasteiger partial charge on any atom is -0.256 e. The first kappa shape index (κ1) is 11.4. The SMILES string of the molecule is C/C=C(/Cl)c1ccc2c(Cl)ccnc2c1C. The van der Waals surface area contributed by atoms with Crippen LogP contribution in [0.5, 0.6) is 0 Å². The topological polar surface area (TPSA) is 12.9 Å². The summed E-state index contributed by atoms with van der Waals surface area (Å²) in [6.45, 7) is 3.92. The predicted octanol–water partition coefficient (Wildman–Crippen LogP) is 4.80. The Labute approximate surface area is 105 Å². The van der Waals surface area contributed by atoms with E-state index in [1.165, 1.54) is 0 Å². The van der Waals surface area contributed by atoms with Crippen molar-refractivity contribution >= 4 is 39.1 Å². The van der Waals surface area contributed by atoms with Gasteiger partial charge in [-0.1, -0.05) is 41.4 Å². The fourth-order valence-corrected chi connectivity index (χ4v) is 2.15. The normalized spacial score (nSPS) is 12.1. The Hall–Kier alpha value is -1.05. The highest BCUT2D eigenvalue weighted by Gasteiger charge is 2.08. The largest absolute Gasteiger partial charge is 0.256 e. The van der Waals surface area contributed by atoms with Crippen LogP contribution in [0.15, 0.2) is 30.5 Å². The van der Waals surface area contributed by atoms with Crippen molar-refractivity contribution in [2.24, 2.45) is 0 Å². The number of hydrogen-bond donors (Lipinski definition) is 0. The molecule has 0 radical (unpaired) electrons. The number of halogens is 2. The molecular weight excluding hydrogens is 241 g/mol. The Kier molecular flexibility index (Phi) is 3.17. The van der Waals surface area contributed by atoms with Crippen molar-refractivity contribution < 1.29 is 0 Å². The van der Waals surface area contributed by atoms with Gasteiger partial charge in [-0.05, 0) is 31.0 Å². The summed E-state index contributed by atoms with van der Waals surface area (Å²) in [5.41, 5.74) is 2.97. The van der Waals surface area contributed by atoms with Crippen LogP contribution in [0.4, 0.5) is 0 Å². The van der Waals surface area contributed by atoms with Gasteiger partial charge in [-0.25, -0.2) is 0 Å². The van der Waals surface area contributed by atoms with Crippen LogP contribution in [0.3, 0.4) is 0 Å². The summed E-state index contributed by atoms with van der Waals surface area (Å²) in [7, 11) is 0. The molecule has 1 aromatic heterocycles. The summed E-state index contributed by atoms with van der Waals surface area (Å²) in [6, 6.07) is 5.73. The van der Waals surface area contributed by atoms with Crippen LogP contribution < -0.4 is 0 Å². The molecule has 82 valence electrons. The molecule has 0 N–H and O–H groups in total. The molecule has 0 bridgehead atoms. The number of aryl methyl sites for hydroxylation is 1. The van der Waals surface area contributed by atoms with Gasteiger partial charge in [0.15, 0.2) is 0 Å². The second-order valence-electron chi connectivity index (χ2n) is 3.56. The zero-order valence-electron chi connectivity index (χ0n) is 9.09. The van der Waals surface area contributed by atoms with E-state index in [9.17, 15) is 0 Å². The summed E-state index contributed by atoms with van der Waals surface area (Å²) in [4.78, 5) is 4.35. The molecule has 2 aromatic rings. The molecule has 0 spiro atoms. The van der Waals surface area contributed by atoms with E-state index in [0.29, 0.717) is 0 Å². The Balaban J connectivity index is 2.80. The van der Waals surface area contributed by atoms with Crippen molar-refractivity contribution in [2.45, 2.75) is 13.8 Å². The molecule has 2 rings (SSSR count). The maximum atomic E-state index is 6.14. The van der Waals surface area contributed by atoms with Crippen molar-refractivity contribution in [1.82, 2.24) is 4.98 Å². The molecule has 1 aromatic carbocycles. The number of rotatable bonds is 1. The third-order valence-corrected chi connectivity index (χ3v) is 3.37. The number of hydrogen-bond acceptors (Lipinski definition) is 1. The summed E-state index contributed by atoms with van der Waals surface area (Å²) in [5, 5.41) is 2.42. The number of pyridine rings is 1. The van der Waals surface area contributed by atoms with E-state index >= 15 is 0 Å². The second-order valence-corrected chi connectivity index (χ2v) is 4.38. The first-order chi connectivity index (χ1) is 7.65. The summed E-state index contributed by atoms with van der Waals surface area (Å²) < 4.78 is 0. The average molecular weight is 252 g/mol. The van der Waals surface area contributed by atoms with Gasteiger partial charge in [0.2, 0.25) is 0 Å². The first-order valence-corrected chi connectivity index (χ1v) is 5.76. The zero-order chi connectivity index (χ0) is 11.7. The predicted molar refractivity (Wildman–Crippen MR) is 71.0 cm³/mol. The maximum Gasteiger partial charge on any atom is 0.0752 e. The summed E-state index contributed by atoms with van der Waals surface area (Å²) in [6.07, 6.45) is 3.59. The minimum atomic E-state index is 0.719. The van der Waals surface area contributed by atoms with Crippen molar-refractivity contribution in [3.63, 3.8) is 0 Å². The van der Waals surface area contributed by atoms with Crippen LogP contribution >= 0.6 is 23.2 Å². The van der Waals surface area contributed by atoms with Crippen molar-refractivity contribution in [3.05, 3.63) is 46.6 Å². The fourth-order valence-electron chi connectivity index (χ4n) is 1.74. The van der Waals surface area contributed by atoms with Crippen LogP contribution in [0, 0.1) is 6.92 Å². The van der Waals surface area contributed by atoms with Crippen LogP contribution in [0.1, 0.15) is 18.1 Å². The smallest absolute Gasteiger partial charge is 0.0752 e. The van der Waals surface area contributed by atoms with Crippen molar-refractivity contribution in [1.29, 1.82) is 0 Å². The number of benzene rings is 1. The highest BCUT2D eigenvalue weighted by atomic mass is 35.5. The number of aromatic nitrogens is 1. The lowest BCUT2D eigenvalue weighted by Gasteiger charge is -2.08. The molecule has 16 heavy (non-hydrogen) atoms. The Morgan fingerprint density at radius 3 is 2.75 bits per heavy atom. The lowest BCUT2D eigenvalue weighted by molar-refractivity contribution is 1.35. The average Bonchev–Trinajstić information content (AvgIpc) is 2.30. The molecule has 1 nitrogen and oxygen atoms in total. The molecule has 0 aliphatic heterocycles. The van der Waals surface area contributed by atoms with Gasteiger partial charge < -0.3 is 0 Å². The molecule has 0 saturated heterocycles. The zero-order valence-corrected chi connectivity index (χ0v) is 10.6. The van der Waals surface area contributed by atoms with Gasteiger partial charge in [-0.2, -0.15) is 0 Å². The molecule has 1 heterocycles. The minimum absolute atomic E-state index is 0.719. The molecule has 0 unspecified atom stereocenters. The van der Waals surface area contributed by atoms with E-state index in [4.69, 9.17) is 23.2 Å². The van der Waals surface area contributed by atoms with E-state index in [-0.39, 0.29) is 0 Å². The standard InChI is InChI=1S/C13H11Cl2N/c1-3-11(14)9-4-5-10-12(15)6-7-16-13(10)8(9)2/h3-7H,1-2H3/b11-3+. The number of allylic oxidation sites excluding steroid dienone is 1. The lowest BCUT2D eigenvalue weighted by Crippen LogP contribution is -1.89. The van der Waals surface area contributed by atoms with Crippen LogP contribution in [0.25, 0.3) is 15.9 Å². The van der Waals surface area contributed by atoms with E-state index in [1.54, 1.807) is 12.3 Å². The van der Waals surface area contributed by atoms with Gasteiger partial charge in [0.1, 0.15) is 0 Å². The van der Waals surface area contributed by atoms with Crippen molar-refractivity contribution in [3.8, 4) is 0 Å². The molecule has 0 aliphatic carbocycles. The highest BCUT2D eigenvalue weighted by molar-refractivity contribution is 6.49. The molecule has 0 aliphatic rings. The number of fused-ring (bicyclic) bond motifs is 1. The molecule has 0 amide bonds. The van der Waals surface area contributed by atoms with E-state index in [2.05, 4.69) is 4.98 Å².